The van der Waals surface area contributed by atoms with Crippen molar-refractivity contribution >= 4 is 74.4 Å². The Morgan fingerprint density at radius 3 is 2.41 bits per heavy atom. The maximum atomic E-state index is 13.7. The first-order valence-electron chi connectivity index (χ1n) is 16.9. The number of aliphatic carboxylic acids is 3. The fourth-order valence-electron chi connectivity index (χ4n) is 7.30. The number of fused-ring (bicyclic) bond motifs is 2. The molecule has 3 aliphatic rings. The molecule has 0 unspecified atom stereocenters. The number of benzene rings is 1. The second-order valence-corrected chi connectivity index (χ2v) is 15.5. The van der Waals surface area contributed by atoms with Gasteiger partial charge in [0.1, 0.15) is 18.8 Å². The van der Waals surface area contributed by atoms with Gasteiger partial charge in [0.2, 0.25) is 12.0 Å². The number of thiazole rings is 1. The number of oxime groups is 1. The van der Waals surface area contributed by atoms with E-state index >= 15 is 0 Å². The summed E-state index contributed by atoms with van der Waals surface area (Å²) in [6.07, 6.45) is 1.32. The Morgan fingerprint density at radius 2 is 1.80 bits per heavy atom. The molecule has 5 heterocycles. The average molecular weight is 786 g/mol. The van der Waals surface area contributed by atoms with E-state index < -0.39 is 71.3 Å². The highest BCUT2D eigenvalue weighted by atomic mass is 32.2. The Bertz CT molecular complexity index is 2190. The van der Waals surface area contributed by atoms with Crippen molar-refractivity contribution in [2.45, 2.75) is 57.2 Å². The summed E-state index contributed by atoms with van der Waals surface area (Å²) in [5.41, 5.74) is 6.28. The quantitative estimate of drug-likeness (QED) is 0.0421. The molecular weight excluding hydrogens is 749 g/mol. The number of phenolic OH excluding ortho intramolecular Hbond substituents is 2. The van der Waals surface area contributed by atoms with Crippen molar-refractivity contribution in [3.8, 4) is 11.5 Å². The first-order chi connectivity index (χ1) is 25.6. The van der Waals surface area contributed by atoms with Crippen molar-refractivity contribution in [1.29, 1.82) is 0 Å². The summed E-state index contributed by atoms with van der Waals surface area (Å²) in [6, 6.07) is 2.59. The lowest BCUT2D eigenvalue weighted by molar-refractivity contribution is -0.925. The minimum absolute atomic E-state index is 0.0537. The molecule has 286 valence electrons. The number of amides is 1. The first-order valence-corrected chi connectivity index (χ1v) is 18.8. The highest BCUT2D eigenvalue weighted by Crippen LogP contribution is 2.46. The van der Waals surface area contributed by atoms with Crippen molar-refractivity contribution < 1.29 is 58.8 Å². The van der Waals surface area contributed by atoms with E-state index in [0.29, 0.717) is 40.8 Å². The van der Waals surface area contributed by atoms with Crippen molar-refractivity contribution in [3.05, 3.63) is 56.5 Å². The van der Waals surface area contributed by atoms with Crippen LogP contribution in [0, 0.1) is 5.92 Å². The van der Waals surface area contributed by atoms with Crippen LogP contribution in [0.2, 0.25) is 0 Å². The van der Waals surface area contributed by atoms with Crippen molar-refractivity contribution in [2.24, 2.45) is 11.1 Å². The van der Waals surface area contributed by atoms with Crippen LogP contribution in [-0.4, -0.2) is 117 Å². The monoisotopic (exact) mass is 785 g/mol. The van der Waals surface area contributed by atoms with Gasteiger partial charge in [-0.25, -0.2) is 14.6 Å². The van der Waals surface area contributed by atoms with Crippen LogP contribution in [-0.2, 0) is 41.9 Å². The zero-order valence-corrected chi connectivity index (χ0v) is 30.5. The van der Waals surface area contributed by atoms with Crippen LogP contribution in [0.4, 0.5) is 5.13 Å². The summed E-state index contributed by atoms with van der Waals surface area (Å²) in [4.78, 5) is 86.5. The number of carbonyl (C=O) groups is 5. The Balaban J connectivity index is 1.25. The minimum atomic E-state index is -1.91. The second kappa shape index (κ2) is 15.1. The van der Waals surface area contributed by atoms with Crippen LogP contribution in [0.1, 0.15) is 43.0 Å². The van der Waals surface area contributed by atoms with Crippen LogP contribution in [0.25, 0.3) is 10.9 Å². The number of quaternary nitrogens is 1. The van der Waals surface area contributed by atoms with E-state index in [1.165, 1.54) is 35.0 Å². The van der Waals surface area contributed by atoms with Gasteiger partial charge in [-0.2, -0.15) is 0 Å². The number of likely N-dealkylation sites (tertiary alicyclic amines) is 1. The average Bonchev–Trinajstić information content (AvgIpc) is 3.77. The molecule has 0 saturated carbocycles. The van der Waals surface area contributed by atoms with Crippen molar-refractivity contribution in [1.82, 2.24) is 14.5 Å². The predicted molar refractivity (Wildman–Crippen MR) is 194 cm³/mol. The summed E-state index contributed by atoms with van der Waals surface area (Å²) in [6.45, 7) is 4.20. The molecule has 0 spiro atoms. The Kier molecular flexibility index (Phi) is 10.7. The summed E-state index contributed by atoms with van der Waals surface area (Å²) in [5.74, 6) is -7.25. The molecule has 2 fully saturated rings. The summed E-state index contributed by atoms with van der Waals surface area (Å²) in [7, 11) is 0. The molecule has 2 saturated heterocycles. The van der Waals surface area contributed by atoms with Gasteiger partial charge in [-0.1, -0.05) is 16.5 Å². The smallest absolute Gasteiger partial charge is 0.352 e. The number of nitrogen functional groups attached to an aromatic ring is 1. The number of hydrogen-bond donors (Lipinski definition) is 6. The number of nitrogens with two attached hydrogens (primary N) is 1. The number of aromatic hydroxyl groups is 2. The van der Waals surface area contributed by atoms with Crippen LogP contribution < -0.4 is 11.2 Å². The van der Waals surface area contributed by atoms with E-state index in [1.807, 2.05) is 11.5 Å². The maximum absolute atomic E-state index is 13.7. The molecule has 3 aliphatic heterocycles. The third-order valence-corrected chi connectivity index (χ3v) is 12.1. The number of aromatic nitrogens is 2. The number of thioether (sulfide) groups is 1. The number of carboxylic acid groups (broad SMARTS) is 3. The molecule has 20 heteroatoms. The van der Waals surface area contributed by atoms with Crippen LogP contribution in [0.5, 0.6) is 11.5 Å². The molecule has 0 radical (unpaired) electrons. The number of rotatable bonds is 15. The molecule has 54 heavy (non-hydrogen) atoms. The van der Waals surface area contributed by atoms with E-state index in [2.05, 4.69) is 10.1 Å². The summed E-state index contributed by atoms with van der Waals surface area (Å²) >= 11 is 2.14. The normalized spacial score (nSPS) is 20.1. The van der Waals surface area contributed by atoms with Gasteiger partial charge in [0, 0.05) is 55.6 Å². The Morgan fingerprint density at radius 1 is 1.09 bits per heavy atom. The predicted octanol–water partition coefficient (Wildman–Crippen LogP) is 1.76. The van der Waals surface area contributed by atoms with Gasteiger partial charge in [0.05, 0.1) is 52.1 Å². The second-order valence-electron chi connectivity index (χ2n) is 13.4. The number of β-lactam (4-membered cyclic amide) rings is 1. The topological polar surface area (TPSA) is 272 Å². The molecule has 7 N–H and O–H groups in total. The van der Waals surface area contributed by atoms with Gasteiger partial charge >= 0.3 is 17.9 Å². The van der Waals surface area contributed by atoms with Gasteiger partial charge in [0.25, 0.3) is 0 Å². The number of nitrogens with zero attached hydrogens (tertiary/aromatic N) is 5. The molecule has 6 rings (SSSR count). The first kappa shape index (κ1) is 38.3. The number of hydrogen-bond acceptors (Lipinski definition) is 14. The summed E-state index contributed by atoms with van der Waals surface area (Å²) < 4.78 is 2.18. The number of Topliss-reactive ketones (excluding diaryl/α,β-unsaturated/α-hetero) is 1. The van der Waals surface area contributed by atoms with E-state index in [4.69, 9.17) is 15.7 Å². The lowest BCUT2D eigenvalue weighted by Crippen LogP contribution is -2.62. The SMILES string of the molecule is CCn1cc(C[N+]2(CC3=C(C(=O)O)N4C(=O)[C@@H](CC(=O)/C(=N\O[C@H](CC(=O)O)C(=O)O)c5cnc(N)s5)[C@H]4SC3)CCCC2)c(=O)c2cc(O)c(O)cc21. The van der Waals surface area contributed by atoms with Crippen LogP contribution in [0.3, 0.4) is 0 Å². The molecular formula is C34H37N6O12S2+. The summed E-state index contributed by atoms with van der Waals surface area (Å²) in [5, 5.41) is 52.3. The van der Waals surface area contributed by atoms with Crippen molar-refractivity contribution in [3.63, 3.8) is 0 Å². The zero-order valence-electron chi connectivity index (χ0n) is 28.8. The van der Waals surface area contributed by atoms with E-state index in [0.717, 1.165) is 24.2 Å². The molecule has 0 bridgehead atoms. The molecule has 1 amide bonds. The Hall–Kier alpha value is -5.47. The molecule has 3 aromatic rings. The largest absolute Gasteiger partial charge is 0.504 e. The highest BCUT2D eigenvalue weighted by molar-refractivity contribution is 8.00. The number of anilines is 1. The number of aryl methyl sites for hydroxylation is 1. The van der Waals surface area contributed by atoms with Gasteiger partial charge in [-0.05, 0) is 13.0 Å². The van der Waals surface area contributed by atoms with E-state index in [-0.39, 0.29) is 51.1 Å². The van der Waals surface area contributed by atoms with Crippen molar-refractivity contribution in [2.75, 3.05) is 31.1 Å². The number of pyridine rings is 1. The number of ketones is 1. The zero-order chi connectivity index (χ0) is 39.1. The van der Waals surface area contributed by atoms with Gasteiger partial charge in [-0.15, -0.1) is 11.8 Å². The Labute approximate surface area is 314 Å². The lowest BCUT2D eigenvalue weighted by atomic mass is 9.89. The molecule has 3 atom stereocenters. The molecule has 18 nitrogen and oxygen atoms in total. The molecule has 2 aromatic heterocycles. The van der Waals surface area contributed by atoms with Gasteiger partial charge in [-0.3, -0.25) is 24.1 Å². The third-order valence-electron chi connectivity index (χ3n) is 9.83. The number of carboxylic acids is 3. The van der Waals surface area contributed by atoms with Gasteiger partial charge in [0.15, 0.2) is 33.6 Å². The van der Waals surface area contributed by atoms with Crippen LogP contribution >= 0.6 is 23.1 Å². The third kappa shape index (κ3) is 7.35. The molecule has 1 aromatic carbocycles. The standard InChI is InChI=1S/C34H36N6O12S2/c1-2-38-12-16(29(46)18-7-21(41)22(42)9-20(18)38)13-40(5-3-4-6-40)14-17-15-53-31-19(30(47)39(31)28(17)33(50)51)8-23(43)27(25-11-36-34(35)54-25)37-52-24(32(48)49)10-26(44)45/h7,9,11-12,19,24,31H,2-6,8,10,13-15H2,1H3,(H6-,35,36,37,41,42,43,44,45,46,48,49,50,51)/p+1/t19-,24-,31-/m1/s1. The lowest BCUT2D eigenvalue weighted by Gasteiger charge is -2.50. The number of carbonyl (C=O) groups excluding carboxylic acids is 2. The van der Waals surface area contributed by atoms with E-state index in [9.17, 15) is 49.2 Å². The fraction of sp³-hybridized carbons (Fsp3) is 0.412. The maximum Gasteiger partial charge on any atom is 0.352 e. The van der Waals surface area contributed by atoms with Crippen LogP contribution in [0.15, 0.2) is 45.7 Å². The van der Waals surface area contributed by atoms with E-state index in [1.54, 1.807) is 6.20 Å². The number of phenols is 2. The fourth-order valence-corrected chi connectivity index (χ4v) is 9.39. The highest BCUT2D eigenvalue weighted by Gasteiger charge is 2.55. The minimum Gasteiger partial charge on any atom is -0.504 e. The van der Waals surface area contributed by atoms with Gasteiger partial charge < -0.3 is 45.2 Å². The molecule has 0 aliphatic carbocycles.